The van der Waals surface area contributed by atoms with Gasteiger partial charge in [-0.05, 0) is 24.5 Å². The van der Waals surface area contributed by atoms with Crippen molar-refractivity contribution >= 4 is 22.9 Å². The molecule has 0 heterocycles. The molecule has 0 aliphatic heterocycles. The second-order valence-corrected chi connectivity index (χ2v) is 4.58. The van der Waals surface area contributed by atoms with E-state index in [1.165, 1.54) is 6.07 Å². The lowest BCUT2D eigenvalue weighted by molar-refractivity contribution is 0.606. The van der Waals surface area contributed by atoms with Crippen LogP contribution in [0.15, 0.2) is 18.2 Å². The highest BCUT2D eigenvalue weighted by molar-refractivity contribution is 7.80. The van der Waals surface area contributed by atoms with E-state index in [4.69, 9.17) is 18.0 Å². The Bertz CT molecular complexity index is 377. The summed E-state index contributed by atoms with van der Waals surface area (Å²) in [6, 6.07) is 4.80. The quantitative estimate of drug-likeness (QED) is 0.777. The Morgan fingerprint density at radius 2 is 2.19 bits per heavy atom. The van der Waals surface area contributed by atoms with Gasteiger partial charge in [0, 0.05) is 12.2 Å². The molecule has 3 N–H and O–H groups in total. The van der Waals surface area contributed by atoms with Gasteiger partial charge in [0.25, 0.3) is 0 Å². The standard InChI is InChI=1S/C12H17FN2S/c1-8(2)6-7-15-10-5-3-4-9(13)11(10)12(14)16/h3-5,8,15H,6-7H2,1-2H3,(H2,14,16). The zero-order valence-electron chi connectivity index (χ0n) is 9.59. The summed E-state index contributed by atoms with van der Waals surface area (Å²) < 4.78 is 13.5. The first kappa shape index (κ1) is 12.9. The molecule has 0 saturated carbocycles. The fraction of sp³-hybridized carbons (Fsp3) is 0.417. The number of anilines is 1. The van der Waals surface area contributed by atoms with Crippen LogP contribution in [0, 0.1) is 11.7 Å². The van der Waals surface area contributed by atoms with Crippen LogP contribution in [0.3, 0.4) is 0 Å². The average molecular weight is 240 g/mol. The number of thiocarbonyl (C=S) groups is 1. The molecule has 0 unspecified atom stereocenters. The van der Waals surface area contributed by atoms with Crippen molar-refractivity contribution in [1.29, 1.82) is 0 Å². The normalized spacial score (nSPS) is 10.5. The Morgan fingerprint density at radius 3 is 2.75 bits per heavy atom. The minimum Gasteiger partial charge on any atom is -0.389 e. The van der Waals surface area contributed by atoms with E-state index in [2.05, 4.69) is 19.2 Å². The van der Waals surface area contributed by atoms with Gasteiger partial charge in [0.15, 0.2) is 0 Å². The van der Waals surface area contributed by atoms with Gasteiger partial charge in [0.05, 0.1) is 5.56 Å². The van der Waals surface area contributed by atoms with E-state index in [1.807, 2.05) is 0 Å². The first-order chi connectivity index (χ1) is 7.52. The number of nitrogens with two attached hydrogens (primary N) is 1. The van der Waals surface area contributed by atoms with Crippen LogP contribution >= 0.6 is 12.2 Å². The maximum atomic E-state index is 13.5. The molecule has 0 spiro atoms. The number of hydrogen-bond donors (Lipinski definition) is 2. The smallest absolute Gasteiger partial charge is 0.135 e. The topological polar surface area (TPSA) is 38.0 Å². The third-order valence-corrected chi connectivity index (χ3v) is 2.50. The molecule has 0 aliphatic carbocycles. The van der Waals surface area contributed by atoms with E-state index in [1.54, 1.807) is 12.1 Å². The van der Waals surface area contributed by atoms with Gasteiger partial charge in [-0.15, -0.1) is 0 Å². The fourth-order valence-corrected chi connectivity index (χ4v) is 1.62. The van der Waals surface area contributed by atoms with E-state index >= 15 is 0 Å². The van der Waals surface area contributed by atoms with Gasteiger partial charge in [-0.25, -0.2) is 4.39 Å². The largest absolute Gasteiger partial charge is 0.389 e. The predicted molar refractivity (Wildman–Crippen MR) is 70.2 cm³/mol. The van der Waals surface area contributed by atoms with Gasteiger partial charge >= 0.3 is 0 Å². The predicted octanol–water partition coefficient (Wildman–Crippen LogP) is 2.92. The number of rotatable bonds is 5. The third-order valence-electron chi connectivity index (χ3n) is 2.30. The van der Waals surface area contributed by atoms with Crippen LogP contribution in [0.4, 0.5) is 10.1 Å². The van der Waals surface area contributed by atoms with E-state index in [-0.39, 0.29) is 10.8 Å². The Labute approximate surface area is 101 Å². The van der Waals surface area contributed by atoms with E-state index in [9.17, 15) is 4.39 Å². The number of halogens is 1. The zero-order chi connectivity index (χ0) is 12.1. The zero-order valence-corrected chi connectivity index (χ0v) is 10.4. The molecule has 1 aromatic carbocycles. The molecule has 0 bridgehead atoms. The average Bonchev–Trinajstić information content (AvgIpc) is 2.16. The SMILES string of the molecule is CC(C)CCNc1cccc(F)c1C(N)=S. The molecule has 0 amide bonds. The number of benzene rings is 1. The van der Waals surface area contributed by atoms with Crippen molar-refractivity contribution in [3.63, 3.8) is 0 Å². The molecule has 88 valence electrons. The van der Waals surface area contributed by atoms with Gasteiger partial charge in [-0.2, -0.15) is 0 Å². The second kappa shape index (κ2) is 5.80. The van der Waals surface area contributed by atoms with Crippen molar-refractivity contribution in [2.45, 2.75) is 20.3 Å². The van der Waals surface area contributed by atoms with Crippen molar-refractivity contribution in [3.05, 3.63) is 29.6 Å². The first-order valence-corrected chi connectivity index (χ1v) is 5.75. The molecule has 4 heteroatoms. The summed E-state index contributed by atoms with van der Waals surface area (Å²) in [5.74, 6) is 0.233. The molecule has 0 fully saturated rings. The van der Waals surface area contributed by atoms with Crippen molar-refractivity contribution < 1.29 is 4.39 Å². The third kappa shape index (κ3) is 3.45. The Balaban J connectivity index is 2.79. The lowest BCUT2D eigenvalue weighted by atomic mass is 10.1. The summed E-state index contributed by atoms with van der Waals surface area (Å²) in [6.45, 7) is 5.07. The van der Waals surface area contributed by atoms with Crippen LogP contribution in [0.1, 0.15) is 25.8 Å². The minimum atomic E-state index is -0.373. The highest BCUT2D eigenvalue weighted by Gasteiger charge is 2.10. The van der Waals surface area contributed by atoms with Gasteiger partial charge in [-0.1, -0.05) is 32.1 Å². The molecule has 0 radical (unpaired) electrons. The van der Waals surface area contributed by atoms with Gasteiger partial charge in [0.1, 0.15) is 10.8 Å². The second-order valence-electron chi connectivity index (χ2n) is 4.14. The number of nitrogens with one attached hydrogen (secondary N) is 1. The maximum Gasteiger partial charge on any atom is 0.135 e. The summed E-state index contributed by atoms with van der Waals surface area (Å²) in [5.41, 5.74) is 6.48. The van der Waals surface area contributed by atoms with Gasteiger partial charge < -0.3 is 11.1 Å². The van der Waals surface area contributed by atoms with E-state index in [0.29, 0.717) is 17.2 Å². The Kier molecular flexibility index (Phi) is 4.68. The molecule has 1 rings (SSSR count). The van der Waals surface area contributed by atoms with Crippen molar-refractivity contribution in [2.75, 3.05) is 11.9 Å². The van der Waals surface area contributed by atoms with Crippen LogP contribution in [0.5, 0.6) is 0 Å². The molecular weight excluding hydrogens is 223 g/mol. The maximum absolute atomic E-state index is 13.5. The Hall–Kier alpha value is -1.16. The van der Waals surface area contributed by atoms with Crippen LogP contribution in [-0.4, -0.2) is 11.5 Å². The summed E-state index contributed by atoms with van der Waals surface area (Å²) in [4.78, 5) is 0.0881. The van der Waals surface area contributed by atoms with E-state index < -0.39 is 0 Å². The fourth-order valence-electron chi connectivity index (χ4n) is 1.42. The van der Waals surface area contributed by atoms with Gasteiger partial charge in [0.2, 0.25) is 0 Å². The molecule has 0 saturated heterocycles. The lowest BCUT2D eigenvalue weighted by Crippen LogP contribution is -2.16. The van der Waals surface area contributed by atoms with Crippen LogP contribution < -0.4 is 11.1 Å². The summed E-state index contributed by atoms with van der Waals surface area (Å²) >= 11 is 4.84. The highest BCUT2D eigenvalue weighted by atomic mass is 32.1. The Morgan fingerprint density at radius 1 is 1.50 bits per heavy atom. The first-order valence-electron chi connectivity index (χ1n) is 5.34. The van der Waals surface area contributed by atoms with Crippen molar-refractivity contribution in [3.8, 4) is 0 Å². The monoisotopic (exact) mass is 240 g/mol. The summed E-state index contributed by atoms with van der Waals surface area (Å²) in [7, 11) is 0. The molecular formula is C12H17FN2S. The highest BCUT2D eigenvalue weighted by Crippen LogP contribution is 2.19. The lowest BCUT2D eigenvalue weighted by Gasteiger charge is -2.12. The van der Waals surface area contributed by atoms with Crippen molar-refractivity contribution in [2.24, 2.45) is 11.7 Å². The molecule has 16 heavy (non-hydrogen) atoms. The van der Waals surface area contributed by atoms with Crippen molar-refractivity contribution in [1.82, 2.24) is 0 Å². The molecule has 0 atom stereocenters. The minimum absolute atomic E-state index is 0.0881. The summed E-state index contributed by atoms with van der Waals surface area (Å²) in [5, 5.41) is 3.16. The molecule has 0 aromatic heterocycles. The van der Waals surface area contributed by atoms with E-state index in [0.717, 1.165) is 13.0 Å². The van der Waals surface area contributed by atoms with Crippen LogP contribution in [0.2, 0.25) is 0 Å². The van der Waals surface area contributed by atoms with Gasteiger partial charge in [-0.3, -0.25) is 0 Å². The molecule has 1 aromatic rings. The van der Waals surface area contributed by atoms with Crippen LogP contribution in [0.25, 0.3) is 0 Å². The molecule has 2 nitrogen and oxygen atoms in total. The molecule has 0 aliphatic rings. The van der Waals surface area contributed by atoms with Crippen LogP contribution in [-0.2, 0) is 0 Å². The summed E-state index contributed by atoms with van der Waals surface area (Å²) in [6.07, 6.45) is 1.02. The number of hydrogen-bond acceptors (Lipinski definition) is 2.